The monoisotopic (exact) mass is 241 g/mol. The standard InChI is InChI=1S/C14H15N3O/c15-8-9-3-1-2-4-11(9)14-12(16)7-13(18)17(14)10-5-6-10/h1-4,10,12,14H,5-7,16H2. The summed E-state index contributed by atoms with van der Waals surface area (Å²) < 4.78 is 0. The quantitative estimate of drug-likeness (QED) is 0.849. The molecule has 2 unspecified atom stereocenters. The van der Waals surface area contributed by atoms with Crippen molar-refractivity contribution < 1.29 is 4.79 Å². The number of amides is 1. The van der Waals surface area contributed by atoms with E-state index >= 15 is 0 Å². The summed E-state index contributed by atoms with van der Waals surface area (Å²) in [6.07, 6.45) is 2.51. The van der Waals surface area contributed by atoms with Crippen molar-refractivity contribution in [3.05, 3.63) is 35.4 Å². The number of carbonyl (C=O) groups excluding carboxylic acids is 1. The molecule has 1 aliphatic heterocycles. The highest BCUT2D eigenvalue weighted by Crippen LogP contribution is 2.41. The van der Waals surface area contributed by atoms with E-state index in [1.165, 1.54) is 0 Å². The molecule has 1 aliphatic carbocycles. The Kier molecular flexibility index (Phi) is 2.57. The van der Waals surface area contributed by atoms with Gasteiger partial charge in [0.05, 0.1) is 17.7 Å². The van der Waals surface area contributed by atoms with Gasteiger partial charge in [0.2, 0.25) is 5.91 Å². The van der Waals surface area contributed by atoms with E-state index in [1.54, 1.807) is 6.07 Å². The number of hydrogen-bond acceptors (Lipinski definition) is 3. The van der Waals surface area contributed by atoms with Crippen molar-refractivity contribution in [2.24, 2.45) is 5.73 Å². The smallest absolute Gasteiger partial charge is 0.225 e. The summed E-state index contributed by atoms with van der Waals surface area (Å²) in [5.74, 6) is 0.128. The Labute approximate surface area is 106 Å². The minimum Gasteiger partial charge on any atom is -0.331 e. The fourth-order valence-electron chi connectivity index (χ4n) is 2.80. The summed E-state index contributed by atoms with van der Waals surface area (Å²) in [4.78, 5) is 13.9. The summed E-state index contributed by atoms with van der Waals surface area (Å²) >= 11 is 0. The van der Waals surface area contributed by atoms with Crippen molar-refractivity contribution in [1.82, 2.24) is 4.90 Å². The Hall–Kier alpha value is -1.86. The predicted molar refractivity (Wildman–Crippen MR) is 66.4 cm³/mol. The van der Waals surface area contributed by atoms with Crippen molar-refractivity contribution >= 4 is 5.91 Å². The average Bonchev–Trinajstić information content (AvgIpc) is 3.15. The van der Waals surface area contributed by atoms with Crippen LogP contribution in [0.25, 0.3) is 0 Å². The van der Waals surface area contributed by atoms with Gasteiger partial charge in [-0.05, 0) is 24.5 Å². The molecule has 18 heavy (non-hydrogen) atoms. The van der Waals surface area contributed by atoms with Crippen molar-refractivity contribution in [2.75, 3.05) is 0 Å². The molecule has 1 amide bonds. The molecule has 1 aromatic carbocycles. The Morgan fingerprint density at radius 3 is 2.72 bits per heavy atom. The number of nitrogens with zero attached hydrogens (tertiary/aromatic N) is 2. The number of likely N-dealkylation sites (tertiary alicyclic amines) is 1. The third kappa shape index (κ3) is 1.68. The zero-order valence-electron chi connectivity index (χ0n) is 10.0. The van der Waals surface area contributed by atoms with Gasteiger partial charge in [-0.3, -0.25) is 4.79 Å². The second-order valence-corrected chi connectivity index (χ2v) is 5.04. The highest BCUT2D eigenvalue weighted by molar-refractivity contribution is 5.81. The lowest BCUT2D eigenvalue weighted by molar-refractivity contribution is -0.129. The van der Waals surface area contributed by atoms with Gasteiger partial charge < -0.3 is 10.6 Å². The van der Waals surface area contributed by atoms with Crippen LogP contribution in [0, 0.1) is 11.3 Å². The Balaban J connectivity index is 2.03. The summed E-state index contributed by atoms with van der Waals surface area (Å²) in [5.41, 5.74) is 7.63. The lowest BCUT2D eigenvalue weighted by Crippen LogP contribution is -2.35. The Morgan fingerprint density at radius 2 is 2.06 bits per heavy atom. The largest absolute Gasteiger partial charge is 0.331 e. The van der Waals surface area contributed by atoms with Crippen molar-refractivity contribution in [2.45, 2.75) is 37.4 Å². The zero-order chi connectivity index (χ0) is 12.7. The van der Waals surface area contributed by atoms with Crippen LogP contribution in [0.5, 0.6) is 0 Å². The molecule has 3 rings (SSSR count). The van der Waals surface area contributed by atoms with Crippen LogP contribution in [0.4, 0.5) is 0 Å². The topological polar surface area (TPSA) is 70.1 Å². The number of benzene rings is 1. The van der Waals surface area contributed by atoms with Crippen LogP contribution in [0.1, 0.15) is 36.4 Å². The summed E-state index contributed by atoms with van der Waals surface area (Å²) in [6, 6.07) is 9.64. The van der Waals surface area contributed by atoms with Gasteiger partial charge in [0.25, 0.3) is 0 Å². The zero-order valence-corrected chi connectivity index (χ0v) is 10.0. The molecule has 0 aromatic heterocycles. The van der Waals surface area contributed by atoms with Gasteiger partial charge in [0, 0.05) is 18.5 Å². The first kappa shape index (κ1) is 11.2. The van der Waals surface area contributed by atoms with Crippen LogP contribution in [-0.4, -0.2) is 22.9 Å². The first-order chi connectivity index (χ1) is 8.72. The van der Waals surface area contributed by atoms with Crippen molar-refractivity contribution in [1.29, 1.82) is 5.26 Å². The van der Waals surface area contributed by atoms with Crippen LogP contribution in [0.2, 0.25) is 0 Å². The minimum atomic E-state index is -0.201. The number of hydrogen-bond donors (Lipinski definition) is 1. The number of rotatable bonds is 2. The minimum absolute atomic E-state index is 0.124. The third-order valence-corrected chi connectivity index (χ3v) is 3.74. The second kappa shape index (κ2) is 4.11. The molecule has 0 spiro atoms. The van der Waals surface area contributed by atoms with Gasteiger partial charge in [-0.25, -0.2) is 0 Å². The summed E-state index contributed by atoms with van der Waals surface area (Å²) in [7, 11) is 0. The molecule has 1 heterocycles. The molecule has 0 bridgehead atoms. The normalized spacial score (nSPS) is 27.3. The lowest BCUT2D eigenvalue weighted by atomic mass is 9.96. The van der Waals surface area contributed by atoms with Gasteiger partial charge in [-0.1, -0.05) is 18.2 Å². The maximum atomic E-state index is 12.0. The van der Waals surface area contributed by atoms with E-state index in [1.807, 2.05) is 23.1 Å². The van der Waals surface area contributed by atoms with Gasteiger partial charge in [0.1, 0.15) is 0 Å². The molecule has 2 N–H and O–H groups in total. The highest BCUT2D eigenvalue weighted by Gasteiger charge is 2.46. The van der Waals surface area contributed by atoms with E-state index < -0.39 is 0 Å². The fourth-order valence-corrected chi connectivity index (χ4v) is 2.80. The van der Waals surface area contributed by atoms with Crippen LogP contribution >= 0.6 is 0 Å². The molecule has 0 radical (unpaired) electrons. The Morgan fingerprint density at radius 1 is 1.33 bits per heavy atom. The molecule has 1 saturated heterocycles. The van der Waals surface area contributed by atoms with E-state index in [4.69, 9.17) is 5.73 Å². The van der Waals surface area contributed by atoms with E-state index in [0.717, 1.165) is 18.4 Å². The second-order valence-electron chi connectivity index (χ2n) is 5.04. The van der Waals surface area contributed by atoms with Gasteiger partial charge in [0.15, 0.2) is 0 Å². The van der Waals surface area contributed by atoms with Crippen LogP contribution in [0.3, 0.4) is 0 Å². The van der Waals surface area contributed by atoms with Crippen LogP contribution < -0.4 is 5.73 Å². The molecular formula is C14H15N3O. The Bertz CT molecular complexity index is 530. The van der Waals surface area contributed by atoms with E-state index in [9.17, 15) is 10.1 Å². The SMILES string of the molecule is N#Cc1ccccc1C1C(N)CC(=O)N1C1CC1. The van der Waals surface area contributed by atoms with Crippen LogP contribution in [0.15, 0.2) is 24.3 Å². The third-order valence-electron chi connectivity index (χ3n) is 3.74. The fraction of sp³-hybridized carbons (Fsp3) is 0.429. The van der Waals surface area contributed by atoms with E-state index in [2.05, 4.69) is 6.07 Å². The maximum absolute atomic E-state index is 12.0. The van der Waals surface area contributed by atoms with Crippen molar-refractivity contribution in [3.63, 3.8) is 0 Å². The summed E-state index contributed by atoms with van der Waals surface area (Å²) in [6.45, 7) is 0. The first-order valence-electron chi connectivity index (χ1n) is 6.28. The van der Waals surface area contributed by atoms with E-state index in [0.29, 0.717) is 18.0 Å². The van der Waals surface area contributed by atoms with Crippen molar-refractivity contribution in [3.8, 4) is 6.07 Å². The molecule has 92 valence electrons. The van der Waals surface area contributed by atoms with Crippen LogP contribution in [-0.2, 0) is 4.79 Å². The molecule has 4 nitrogen and oxygen atoms in total. The van der Waals surface area contributed by atoms with Gasteiger partial charge in [-0.2, -0.15) is 5.26 Å². The highest BCUT2D eigenvalue weighted by atomic mass is 16.2. The number of nitriles is 1. The van der Waals surface area contributed by atoms with E-state index in [-0.39, 0.29) is 18.0 Å². The first-order valence-corrected chi connectivity index (χ1v) is 6.28. The lowest BCUT2D eigenvalue weighted by Gasteiger charge is -2.27. The summed E-state index contributed by atoms with van der Waals surface area (Å²) in [5, 5.41) is 9.18. The molecule has 1 saturated carbocycles. The molecule has 2 fully saturated rings. The molecular weight excluding hydrogens is 226 g/mol. The maximum Gasteiger partial charge on any atom is 0.225 e. The average molecular weight is 241 g/mol. The molecule has 2 atom stereocenters. The van der Waals surface area contributed by atoms with Gasteiger partial charge >= 0.3 is 0 Å². The molecule has 4 heteroatoms. The molecule has 2 aliphatic rings. The predicted octanol–water partition coefficient (Wildman–Crippen LogP) is 1.32. The molecule has 1 aromatic rings. The number of carbonyl (C=O) groups is 1. The number of nitrogens with two attached hydrogens (primary N) is 1. The van der Waals surface area contributed by atoms with Gasteiger partial charge in [-0.15, -0.1) is 0 Å².